The van der Waals surface area contributed by atoms with Crippen LogP contribution in [0.15, 0.2) is 59.1 Å². The summed E-state index contributed by atoms with van der Waals surface area (Å²) in [7, 11) is 0. The van der Waals surface area contributed by atoms with Crippen LogP contribution in [0.2, 0.25) is 0 Å². The van der Waals surface area contributed by atoms with E-state index >= 15 is 0 Å². The standard InChI is InChI=1S/C27H28BrN5O.CO2/c1-3-27-16-18(2)33-23-7-5-4-6-21(23)22(24(33)25(27)32(17-29)15-14-31-27)12-13-30-26(34)19-8-10-20(28)11-9-19;2-1-3/h4-11,16,25,31H,3,12-15H2,1-2H3,(H,30,34);/t25-,27+;/m1./s1. The summed E-state index contributed by atoms with van der Waals surface area (Å²) >= 11 is 3.41. The Bertz CT molecular complexity index is 1420. The summed E-state index contributed by atoms with van der Waals surface area (Å²) in [6, 6.07) is 15.7. The summed E-state index contributed by atoms with van der Waals surface area (Å²) in [6.07, 6.45) is 6.59. The van der Waals surface area contributed by atoms with E-state index < -0.39 is 0 Å². The molecule has 1 aromatic heterocycles. The third kappa shape index (κ3) is 4.84. The highest BCUT2D eigenvalue weighted by molar-refractivity contribution is 9.10. The molecule has 1 saturated heterocycles. The molecule has 2 atom stereocenters. The van der Waals surface area contributed by atoms with Crippen LogP contribution in [-0.4, -0.2) is 46.7 Å². The molecular weight excluding hydrogens is 534 g/mol. The number of para-hydroxylation sites is 1. The number of nitrogens with zero attached hydrogens (tertiary/aromatic N) is 3. The number of aromatic nitrogens is 1. The van der Waals surface area contributed by atoms with E-state index in [1.165, 1.54) is 16.6 Å². The maximum atomic E-state index is 12.7. The minimum absolute atomic E-state index is 0.0816. The molecule has 0 bridgehead atoms. The number of fused-ring (bicyclic) bond motifs is 5. The Kier molecular flexibility index (Phi) is 7.94. The summed E-state index contributed by atoms with van der Waals surface area (Å²) in [5.41, 5.74) is 5.02. The molecule has 2 aromatic carbocycles. The lowest BCUT2D eigenvalue weighted by molar-refractivity contribution is -0.191. The first kappa shape index (κ1) is 26.4. The molecule has 8 nitrogen and oxygen atoms in total. The first-order valence-electron chi connectivity index (χ1n) is 12.2. The largest absolute Gasteiger partial charge is 0.373 e. The van der Waals surface area contributed by atoms with E-state index in [-0.39, 0.29) is 23.6 Å². The van der Waals surface area contributed by atoms with Gasteiger partial charge in [0.05, 0.1) is 16.7 Å². The number of hydrogen-bond acceptors (Lipinski definition) is 6. The monoisotopic (exact) mass is 561 g/mol. The van der Waals surface area contributed by atoms with E-state index in [4.69, 9.17) is 9.59 Å². The van der Waals surface area contributed by atoms with Gasteiger partial charge in [0.1, 0.15) is 6.04 Å². The maximum absolute atomic E-state index is 12.7. The fraction of sp³-hybridized carbons (Fsp3) is 0.321. The van der Waals surface area contributed by atoms with E-state index in [0.717, 1.165) is 28.6 Å². The molecule has 3 heterocycles. The van der Waals surface area contributed by atoms with Crippen LogP contribution in [0.25, 0.3) is 16.6 Å². The molecule has 2 aliphatic heterocycles. The lowest BCUT2D eigenvalue weighted by Gasteiger charge is -2.50. The normalized spacial score (nSPS) is 19.9. The number of amides is 1. The van der Waals surface area contributed by atoms with Gasteiger partial charge in [-0.1, -0.05) is 41.1 Å². The minimum Gasteiger partial charge on any atom is -0.352 e. The number of nitriles is 1. The molecule has 37 heavy (non-hydrogen) atoms. The van der Waals surface area contributed by atoms with Crippen LogP contribution < -0.4 is 10.6 Å². The SMILES string of the molecule is CC[C@]12C=C(C)n3c(c(CCNC(=O)c4ccc(Br)cc4)c4ccccc43)[C@H]1N(C#N)CCN2.O=C=O. The second-order valence-electron chi connectivity index (χ2n) is 9.11. The zero-order valence-corrected chi connectivity index (χ0v) is 22.3. The fourth-order valence-electron chi connectivity index (χ4n) is 5.66. The van der Waals surface area contributed by atoms with Gasteiger partial charge >= 0.3 is 6.15 Å². The van der Waals surface area contributed by atoms with Gasteiger partial charge in [-0.2, -0.15) is 14.9 Å². The van der Waals surface area contributed by atoms with E-state index in [9.17, 15) is 10.1 Å². The first-order valence-corrected chi connectivity index (χ1v) is 13.0. The fourth-order valence-corrected chi connectivity index (χ4v) is 5.93. The van der Waals surface area contributed by atoms with Gasteiger partial charge in [0.15, 0.2) is 6.19 Å². The Morgan fingerprint density at radius 1 is 1.22 bits per heavy atom. The zero-order chi connectivity index (χ0) is 26.6. The summed E-state index contributed by atoms with van der Waals surface area (Å²) in [5.74, 6) is -0.0816. The maximum Gasteiger partial charge on any atom is 0.373 e. The molecule has 190 valence electrons. The molecule has 0 spiro atoms. The van der Waals surface area contributed by atoms with Crippen LogP contribution >= 0.6 is 15.9 Å². The molecule has 0 radical (unpaired) electrons. The predicted octanol–water partition coefficient (Wildman–Crippen LogP) is 4.24. The van der Waals surface area contributed by atoms with Crippen LogP contribution in [0.3, 0.4) is 0 Å². The van der Waals surface area contributed by atoms with Gasteiger partial charge < -0.3 is 15.2 Å². The van der Waals surface area contributed by atoms with Crippen LogP contribution in [0, 0.1) is 11.5 Å². The lowest BCUT2D eigenvalue weighted by atomic mass is 9.78. The number of nitrogens with one attached hydrogen (secondary N) is 2. The lowest BCUT2D eigenvalue weighted by Crippen LogP contribution is -2.61. The van der Waals surface area contributed by atoms with Crippen molar-refractivity contribution in [3.63, 3.8) is 0 Å². The summed E-state index contributed by atoms with van der Waals surface area (Å²) in [5, 5.41) is 18.1. The number of halogens is 1. The van der Waals surface area contributed by atoms with Crippen molar-refractivity contribution >= 4 is 44.6 Å². The average molecular weight is 562 g/mol. The van der Waals surface area contributed by atoms with Gasteiger partial charge in [-0.15, -0.1) is 0 Å². The van der Waals surface area contributed by atoms with Crippen molar-refractivity contribution in [2.45, 2.75) is 38.3 Å². The van der Waals surface area contributed by atoms with Gasteiger partial charge in [0.25, 0.3) is 5.91 Å². The molecule has 3 aromatic rings. The topological polar surface area (TPSA) is 107 Å². The van der Waals surface area contributed by atoms with Crippen LogP contribution in [0.1, 0.15) is 47.9 Å². The van der Waals surface area contributed by atoms with Crippen molar-refractivity contribution in [3.05, 3.63) is 75.9 Å². The van der Waals surface area contributed by atoms with Gasteiger partial charge in [0, 0.05) is 40.8 Å². The van der Waals surface area contributed by atoms with Gasteiger partial charge in [-0.25, -0.2) is 0 Å². The Morgan fingerprint density at radius 2 is 1.92 bits per heavy atom. The van der Waals surface area contributed by atoms with E-state index in [0.29, 0.717) is 25.1 Å². The molecule has 0 aliphatic carbocycles. The quantitative estimate of drug-likeness (QED) is 0.451. The van der Waals surface area contributed by atoms with E-state index in [1.807, 2.05) is 29.2 Å². The Morgan fingerprint density at radius 3 is 2.59 bits per heavy atom. The van der Waals surface area contributed by atoms with Crippen molar-refractivity contribution in [2.24, 2.45) is 0 Å². The Balaban J connectivity index is 0.00000102. The molecule has 0 unspecified atom stereocenters. The number of hydrogen-bond donors (Lipinski definition) is 2. The van der Waals surface area contributed by atoms with Crippen molar-refractivity contribution in [1.29, 1.82) is 5.26 Å². The molecule has 5 rings (SSSR count). The molecule has 0 saturated carbocycles. The number of carbonyl (C=O) groups is 1. The molecule has 2 N–H and O–H groups in total. The average Bonchev–Trinajstić information content (AvgIpc) is 3.23. The smallest absolute Gasteiger partial charge is 0.352 e. The molecular formula is C28H28BrN5O3. The third-order valence-corrected chi connectivity index (χ3v) is 7.71. The van der Waals surface area contributed by atoms with Gasteiger partial charge in [-0.05, 0) is 61.7 Å². The van der Waals surface area contributed by atoms with Crippen molar-refractivity contribution in [2.75, 3.05) is 19.6 Å². The third-order valence-electron chi connectivity index (χ3n) is 7.19. The van der Waals surface area contributed by atoms with Crippen molar-refractivity contribution < 1.29 is 14.4 Å². The number of allylic oxidation sites excluding steroid dienone is 1. The number of benzene rings is 2. The van der Waals surface area contributed by atoms with Crippen LogP contribution in [0.5, 0.6) is 0 Å². The highest BCUT2D eigenvalue weighted by Crippen LogP contribution is 2.47. The first-order chi connectivity index (χ1) is 17.9. The summed E-state index contributed by atoms with van der Waals surface area (Å²) in [6.45, 7) is 6.30. The Hall–Kier alpha value is -3.70. The zero-order valence-electron chi connectivity index (χ0n) is 20.8. The molecule has 2 aliphatic rings. The minimum atomic E-state index is -0.294. The summed E-state index contributed by atoms with van der Waals surface area (Å²) < 4.78 is 3.26. The number of rotatable bonds is 5. The van der Waals surface area contributed by atoms with Crippen molar-refractivity contribution in [3.8, 4) is 6.19 Å². The second kappa shape index (κ2) is 11.1. The van der Waals surface area contributed by atoms with E-state index in [1.54, 1.807) is 0 Å². The van der Waals surface area contributed by atoms with E-state index in [2.05, 4.69) is 81.5 Å². The molecule has 1 amide bonds. The summed E-state index contributed by atoms with van der Waals surface area (Å²) in [4.78, 5) is 30.9. The van der Waals surface area contributed by atoms with Crippen LogP contribution in [0.4, 0.5) is 0 Å². The second-order valence-corrected chi connectivity index (χ2v) is 10.0. The predicted molar refractivity (Wildman–Crippen MR) is 143 cm³/mol. The van der Waals surface area contributed by atoms with Crippen LogP contribution in [-0.2, 0) is 16.0 Å². The van der Waals surface area contributed by atoms with Crippen molar-refractivity contribution in [1.82, 2.24) is 20.1 Å². The van der Waals surface area contributed by atoms with Gasteiger partial charge in [0.2, 0.25) is 0 Å². The Labute approximate surface area is 224 Å². The highest BCUT2D eigenvalue weighted by atomic mass is 79.9. The number of piperazine rings is 1. The molecule has 1 fully saturated rings. The van der Waals surface area contributed by atoms with Gasteiger partial charge in [-0.3, -0.25) is 9.69 Å². The highest BCUT2D eigenvalue weighted by Gasteiger charge is 2.48. The number of carbonyl (C=O) groups excluding carboxylic acids is 3. The molecule has 9 heteroatoms.